The molecule has 2 atom stereocenters. The lowest BCUT2D eigenvalue weighted by atomic mass is 9.77. The lowest BCUT2D eigenvalue weighted by Gasteiger charge is -2.29. The number of methoxy groups -OCH3 is 2. The Hall–Kier alpha value is -3.52. The van der Waals surface area contributed by atoms with E-state index in [9.17, 15) is 4.79 Å². The number of hydrazone groups is 1. The highest BCUT2D eigenvalue weighted by Gasteiger charge is 2.43. The SMILES string of the molecule is COc1ccc(C=C2CCCC3C2=NN(C(=O)CSc2nccn2C)C3c2ccc(OC)cc2)cc1. The van der Waals surface area contributed by atoms with Gasteiger partial charge in [-0.1, -0.05) is 36.0 Å². The first-order chi connectivity index (χ1) is 17.6. The van der Waals surface area contributed by atoms with Gasteiger partial charge in [0.1, 0.15) is 11.5 Å². The number of aryl methyl sites for hydroxylation is 1. The number of nitrogens with zero attached hydrogens (tertiary/aromatic N) is 4. The highest BCUT2D eigenvalue weighted by molar-refractivity contribution is 7.99. The summed E-state index contributed by atoms with van der Waals surface area (Å²) < 4.78 is 12.6. The van der Waals surface area contributed by atoms with E-state index < -0.39 is 0 Å². The predicted octanol–water partition coefficient (Wildman–Crippen LogP) is 5.35. The van der Waals surface area contributed by atoms with Crippen molar-refractivity contribution in [3.8, 4) is 11.5 Å². The number of allylic oxidation sites excluding steroid dienone is 1. The molecule has 5 rings (SSSR count). The van der Waals surface area contributed by atoms with E-state index in [4.69, 9.17) is 14.6 Å². The Morgan fingerprint density at radius 2 is 1.78 bits per heavy atom. The second kappa shape index (κ2) is 10.6. The summed E-state index contributed by atoms with van der Waals surface area (Å²) in [6.45, 7) is 0. The molecule has 1 saturated carbocycles. The molecule has 0 saturated heterocycles. The van der Waals surface area contributed by atoms with Crippen LogP contribution in [0.4, 0.5) is 0 Å². The number of benzene rings is 2. The van der Waals surface area contributed by atoms with Crippen LogP contribution in [0.15, 0.2) is 76.8 Å². The van der Waals surface area contributed by atoms with Gasteiger partial charge in [-0.25, -0.2) is 9.99 Å². The molecule has 1 amide bonds. The van der Waals surface area contributed by atoms with Gasteiger partial charge in [-0.2, -0.15) is 5.10 Å². The summed E-state index contributed by atoms with van der Waals surface area (Å²) in [6.07, 6.45) is 8.82. The zero-order chi connectivity index (χ0) is 25.1. The fourth-order valence-corrected chi connectivity index (χ4v) is 5.71. The maximum Gasteiger partial charge on any atom is 0.253 e. The Morgan fingerprint density at radius 3 is 2.42 bits per heavy atom. The molecular formula is C28H30N4O3S. The molecule has 3 aromatic rings. The zero-order valence-corrected chi connectivity index (χ0v) is 21.6. The van der Waals surface area contributed by atoms with Crippen molar-refractivity contribution in [3.63, 3.8) is 0 Å². The van der Waals surface area contributed by atoms with Crippen LogP contribution in [0, 0.1) is 5.92 Å². The van der Waals surface area contributed by atoms with Crippen molar-refractivity contribution in [3.05, 3.63) is 77.6 Å². The Kier molecular flexibility index (Phi) is 7.13. The van der Waals surface area contributed by atoms with Crippen molar-refractivity contribution in [2.75, 3.05) is 20.0 Å². The van der Waals surface area contributed by atoms with Crippen LogP contribution in [0.2, 0.25) is 0 Å². The largest absolute Gasteiger partial charge is 0.497 e. The summed E-state index contributed by atoms with van der Waals surface area (Å²) in [5.41, 5.74) is 4.39. The molecule has 2 aliphatic rings. The van der Waals surface area contributed by atoms with Crippen LogP contribution in [0.1, 0.15) is 36.4 Å². The summed E-state index contributed by atoms with van der Waals surface area (Å²) in [4.78, 5) is 17.9. The fourth-order valence-electron chi connectivity index (χ4n) is 4.93. The van der Waals surface area contributed by atoms with E-state index in [2.05, 4.69) is 35.3 Å². The number of thioether (sulfide) groups is 1. The molecule has 36 heavy (non-hydrogen) atoms. The predicted molar refractivity (Wildman–Crippen MR) is 142 cm³/mol. The van der Waals surface area contributed by atoms with Crippen LogP contribution in [-0.2, 0) is 11.8 Å². The first-order valence-corrected chi connectivity index (χ1v) is 13.1. The molecular weight excluding hydrogens is 472 g/mol. The molecule has 1 aliphatic carbocycles. The van der Waals surface area contributed by atoms with E-state index in [0.29, 0.717) is 0 Å². The van der Waals surface area contributed by atoms with E-state index in [1.165, 1.54) is 17.3 Å². The molecule has 0 radical (unpaired) electrons. The first-order valence-electron chi connectivity index (χ1n) is 12.1. The number of hydrogen-bond acceptors (Lipinski definition) is 6. The molecule has 1 aliphatic heterocycles. The number of carbonyl (C=O) groups excluding carboxylic acids is 1. The van der Waals surface area contributed by atoms with Crippen LogP contribution in [0.3, 0.4) is 0 Å². The normalized spacial score (nSPS) is 20.2. The second-order valence-corrected chi connectivity index (χ2v) is 9.93. The van der Waals surface area contributed by atoms with Crippen LogP contribution in [0.25, 0.3) is 6.08 Å². The molecule has 1 aromatic heterocycles. The van der Waals surface area contributed by atoms with Gasteiger partial charge in [0.2, 0.25) is 0 Å². The van der Waals surface area contributed by atoms with Crippen molar-refractivity contribution in [2.45, 2.75) is 30.5 Å². The average molecular weight is 503 g/mol. The summed E-state index contributed by atoms with van der Waals surface area (Å²) in [6, 6.07) is 15.9. The number of hydrogen-bond donors (Lipinski definition) is 0. The molecule has 0 N–H and O–H groups in total. The van der Waals surface area contributed by atoms with E-state index in [-0.39, 0.29) is 23.6 Å². The van der Waals surface area contributed by atoms with Gasteiger partial charge in [0.05, 0.1) is 31.7 Å². The number of carbonyl (C=O) groups is 1. The summed E-state index contributed by atoms with van der Waals surface area (Å²) >= 11 is 1.44. The minimum atomic E-state index is -0.139. The third-order valence-electron chi connectivity index (χ3n) is 6.77. The lowest BCUT2D eigenvalue weighted by Crippen LogP contribution is -2.32. The smallest absolute Gasteiger partial charge is 0.253 e. The van der Waals surface area contributed by atoms with Crippen LogP contribution in [-0.4, -0.2) is 46.2 Å². The van der Waals surface area contributed by atoms with Gasteiger partial charge < -0.3 is 14.0 Å². The van der Waals surface area contributed by atoms with Gasteiger partial charge in [-0.05, 0) is 66.3 Å². The Labute approximate surface area is 215 Å². The minimum Gasteiger partial charge on any atom is -0.497 e. The monoisotopic (exact) mass is 502 g/mol. The maximum atomic E-state index is 13.5. The molecule has 2 heterocycles. The molecule has 0 spiro atoms. The van der Waals surface area contributed by atoms with Crippen molar-refractivity contribution in [1.29, 1.82) is 0 Å². The maximum absolute atomic E-state index is 13.5. The van der Waals surface area contributed by atoms with E-state index in [1.54, 1.807) is 25.4 Å². The van der Waals surface area contributed by atoms with Gasteiger partial charge in [-0.15, -0.1) is 0 Å². The van der Waals surface area contributed by atoms with Crippen LogP contribution < -0.4 is 9.47 Å². The molecule has 1 fully saturated rings. The standard InChI is InChI=1S/C28H30N4O3S/c1-31-16-15-29-28(31)36-18-25(33)32-27(20-9-13-23(35-3)14-10-20)24-6-4-5-21(26(24)30-32)17-19-7-11-22(34-2)12-8-19/h7-17,24,27H,4-6,18H2,1-3H3. The first kappa shape index (κ1) is 24.2. The van der Waals surface area contributed by atoms with Crippen molar-refractivity contribution in [2.24, 2.45) is 18.1 Å². The van der Waals surface area contributed by atoms with Gasteiger partial charge in [0.25, 0.3) is 5.91 Å². The van der Waals surface area contributed by atoms with Crippen molar-refractivity contribution < 1.29 is 14.3 Å². The zero-order valence-electron chi connectivity index (χ0n) is 20.8. The second-order valence-electron chi connectivity index (χ2n) is 8.99. The highest BCUT2D eigenvalue weighted by atomic mass is 32.2. The number of ether oxygens (including phenoxy) is 2. The molecule has 186 valence electrons. The Balaban J connectivity index is 1.47. The lowest BCUT2D eigenvalue weighted by molar-refractivity contribution is -0.130. The number of fused-ring (bicyclic) bond motifs is 1. The van der Waals surface area contributed by atoms with Gasteiger partial charge >= 0.3 is 0 Å². The third-order valence-corrected chi connectivity index (χ3v) is 7.82. The van der Waals surface area contributed by atoms with Gasteiger partial charge in [0.15, 0.2) is 5.16 Å². The number of aromatic nitrogens is 2. The summed E-state index contributed by atoms with van der Waals surface area (Å²) in [5.74, 6) is 2.04. The third kappa shape index (κ3) is 4.91. The molecule has 2 aromatic carbocycles. The van der Waals surface area contributed by atoms with Gasteiger partial charge in [-0.3, -0.25) is 4.79 Å². The summed E-state index contributed by atoms with van der Waals surface area (Å²) in [7, 11) is 5.26. The highest BCUT2D eigenvalue weighted by Crippen LogP contribution is 2.45. The molecule has 7 nitrogen and oxygen atoms in total. The van der Waals surface area contributed by atoms with E-state index in [0.717, 1.165) is 52.8 Å². The molecule has 0 bridgehead atoms. The van der Waals surface area contributed by atoms with Crippen molar-refractivity contribution >= 4 is 29.5 Å². The molecule has 2 unspecified atom stereocenters. The Morgan fingerprint density at radius 1 is 1.08 bits per heavy atom. The minimum absolute atomic E-state index is 0.0190. The van der Waals surface area contributed by atoms with Crippen LogP contribution >= 0.6 is 11.8 Å². The van der Waals surface area contributed by atoms with E-state index in [1.807, 2.05) is 42.1 Å². The molecule has 8 heteroatoms. The van der Waals surface area contributed by atoms with E-state index >= 15 is 0 Å². The number of rotatable bonds is 7. The average Bonchev–Trinajstić information content (AvgIpc) is 3.51. The number of imidazole rings is 1. The fraction of sp³-hybridized carbons (Fsp3) is 0.321. The summed E-state index contributed by atoms with van der Waals surface area (Å²) in [5, 5.41) is 7.51. The topological polar surface area (TPSA) is 69.0 Å². The number of amides is 1. The quantitative estimate of drug-likeness (QED) is 0.407. The van der Waals surface area contributed by atoms with Crippen molar-refractivity contribution in [1.82, 2.24) is 14.6 Å². The van der Waals surface area contributed by atoms with Gasteiger partial charge in [0, 0.05) is 25.4 Å². The van der Waals surface area contributed by atoms with Crippen LogP contribution in [0.5, 0.6) is 11.5 Å². The Bertz CT molecular complexity index is 1280.